The maximum Gasteiger partial charge on any atom is 0.300 e. The second-order valence-electron chi connectivity index (χ2n) is 5.04. The van der Waals surface area contributed by atoms with E-state index in [0.29, 0.717) is 0 Å². The summed E-state index contributed by atoms with van der Waals surface area (Å²) in [6, 6.07) is 11.0. The predicted molar refractivity (Wildman–Crippen MR) is 81.9 cm³/mol. The molecule has 2 aromatic carbocycles. The van der Waals surface area contributed by atoms with Gasteiger partial charge in [-0.25, -0.2) is 8.57 Å². The fraction of sp³-hybridized carbons (Fsp3) is 0.250. The Labute approximate surface area is 134 Å². The fourth-order valence-electron chi connectivity index (χ4n) is 1.73. The van der Waals surface area contributed by atoms with Crippen molar-refractivity contribution in [2.75, 3.05) is 0 Å². The van der Waals surface area contributed by atoms with Crippen molar-refractivity contribution in [2.24, 2.45) is 0 Å². The number of aliphatic hydroxyl groups is 1. The lowest BCUT2D eigenvalue weighted by atomic mass is 10.2. The summed E-state index contributed by atoms with van der Waals surface area (Å²) in [4.78, 5) is -0.0449. The van der Waals surface area contributed by atoms with Gasteiger partial charge in [-0.1, -0.05) is 17.7 Å². The van der Waals surface area contributed by atoms with E-state index in [4.69, 9.17) is 8.92 Å². The Bertz CT molecular complexity index is 739. The SMILES string of the molecule is Cc1ccc(S(=O)(=O)O[C@@H](Oc2ccc(F)cc2)[C@@H](C)O)cc1. The van der Waals surface area contributed by atoms with Crippen LogP contribution < -0.4 is 4.74 Å². The van der Waals surface area contributed by atoms with E-state index in [9.17, 15) is 17.9 Å². The smallest absolute Gasteiger partial charge is 0.300 e. The lowest BCUT2D eigenvalue weighted by Crippen LogP contribution is -2.34. The van der Waals surface area contributed by atoms with Gasteiger partial charge in [-0.2, -0.15) is 8.42 Å². The zero-order valence-electron chi connectivity index (χ0n) is 12.6. The standard InChI is InChI=1S/C16H17FO5S/c1-11-3-9-15(10-4-11)23(19,20)22-16(12(2)18)21-14-7-5-13(17)6-8-14/h3-10,12,16,18H,1-2H3/t12-,16-/m1/s1. The zero-order chi connectivity index (χ0) is 17.0. The average molecular weight is 340 g/mol. The second-order valence-corrected chi connectivity index (χ2v) is 6.62. The van der Waals surface area contributed by atoms with E-state index in [-0.39, 0.29) is 10.6 Å². The van der Waals surface area contributed by atoms with Crippen LogP contribution in [0.2, 0.25) is 0 Å². The Hall–Kier alpha value is -1.96. The Morgan fingerprint density at radius 2 is 1.61 bits per heavy atom. The number of ether oxygens (including phenoxy) is 1. The first-order valence-electron chi connectivity index (χ1n) is 6.88. The van der Waals surface area contributed by atoms with Gasteiger partial charge in [-0.3, -0.25) is 0 Å². The zero-order valence-corrected chi connectivity index (χ0v) is 13.5. The van der Waals surface area contributed by atoms with Crippen molar-refractivity contribution >= 4 is 10.1 Å². The molecule has 2 atom stereocenters. The van der Waals surface area contributed by atoms with E-state index in [1.54, 1.807) is 12.1 Å². The van der Waals surface area contributed by atoms with Gasteiger partial charge in [0.25, 0.3) is 10.1 Å². The molecule has 0 saturated heterocycles. The molecule has 124 valence electrons. The predicted octanol–water partition coefficient (Wildman–Crippen LogP) is 2.63. The van der Waals surface area contributed by atoms with Gasteiger partial charge < -0.3 is 9.84 Å². The highest BCUT2D eigenvalue weighted by molar-refractivity contribution is 7.86. The molecule has 1 N–H and O–H groups in total. The van der Waals surface area contributed by atoms with Crippen LogP contribution in [0.1, 0.15) is 12.5 Å². The minimum atomic E-state index is -4.11. The lowest BCUT2D eigenvalue weighted by molar-refractivity contribution is -0.0741. The van der Waals surface area contributed by atoms with Gasteiger partial charge in [0.05, 0.1) is 4.90 Å². The molecule has 0 aromatic heterocycles. The molecule has 2 rings (SSSR count). The molecular formula is C16H17FO5S. The van der Waals surface area contributed by atoms with Crippen LogP contribution in [-0.4, -0.2) is 25.9 Å². The van der Waals surface area contributed by atoms with E-state index in [1.807, 2.05) is 6.92 Å². The summed E-state index contributed by atoms with van der Waals surface area (Å²) in [5.74, 6) is -0.282. The minimum Gasteiger partial charge on any atom is -0.461 e. The van der Waals surface area contributed by atoms with Gasteiger partial charge in [-0.15, -0.1) is 0 Å². The van der Waals surface area contributed by atoms with Crippen LogP contribution >= 0.6 is 0 Å². The maximum atomic E-state index is 12.9. The number of benzene rings is 2. The van der Waals surface area contributed by atoms with Crippen molar-refractivity contribution in [3.63, 3.8) is 0 Å². The Balaban J connectivity index is 2.18. The third kappa shape index (κ3) is 4.75. The van der Waals surface area contributed by atoms with E-state index >= 15 is 0 Å². The topological polar surface area (TPSA) is 72.8 Å². The number of halogens is 1. The van der Waals surface area contributed by atoms with Crippen molar-refractivity contribution < 1.29 is 26.8 Å². The van der Waals surface area contributed by atoms with Crippen LogP contribution in [-0.2, 0) is 14.3 Å². The maximum absolute atomic E-state index is 12.9. The Kier molecular flexibility index (Phi) is 5.35. The molecule has 0 aliphatic heterocycles. The van der Waals surface area contributed by atoms with Crippen LogP contribution in [0.4, 0.5) is 4.39 Å². The molecule has 7 heteroatoms. The van der Waals surface area contributed by atoms with Crippen molar-refractivity contribution in [2.45, 2.75) is 31.1 Å². The third-order valence-corrected chi connectivity index (χ3v) is 4.28. The van der Waals surface area contributed by atoms with Crippen LogP contribution in [0.3, 0.4) is 0 Å². The third-order valence-electron chi connectivity index (χ3n) is 2.99. The lowest BCUT2D eigenvalue weighted by Gasteiger charge is -2.21. The molecule has 0 bridgehead atoms. The van der Waals surface area contributed by atoms with Gasteiger partial charge in [0.2, 0.25) is 6.29 Å². The number of aliphatic hydroxyl groups excluding tert-OH is 1. The van der Waals surface area contributed by atoms with Crippen LogP contribution in [0.15, 0.2) is 53.4 Å². The molecule has 23 heavy (non-hydrogen) atoms. The fourth-order valence-corrected chi connectivity index (χ4v) is 2.76. The van der Waals surface area contributed by atoms with E-state index in [0.717, 1.165) is 17.7 Å². The molecule has 0 aliphatic carbocycles. The van der Waals surface area contributed by atoms with Gasteiger partial charge in [0.15, 0.2) is 0 Å². The molecule has 0 spiro atoms. The minimum absolute atomic E-state index is 0.0449. The molecule has 0 saturated carbocycles. The number of aryl methyl sites for hydroxylation is 1. The summed E-state index contributed by atoms with van der Waals surface area (Å²) in [7, 11) is -4.11. The van der Waals surface area contributed by atoms with Crippen molar-refractivity contribution in [3.8, 4) is 5.75 Å². The summed E-state index contributed by atoms with van der Waals surface area (Å²) in [5, 5.41) is 9.69. The molecule has 0 fully saturated rings. The molecule has 0 unspecified atom stereocenters. The van der Waals surface area contributed by atoms with Gasteiger partial charge >= 0.3 is 0 Å². The molecule has 2 aromatic rings. The quantitative estimate of drug-likeness (QED) is 0.646. The van der Waals surface area contributed by atoms with Crippen LogP contribution in [0.25, 0.3) is 0 Å². The highest BCUT2D eigenvalue weighted by atomic mass is 32.2. The number of hydrogen-bond acceptors (Lipinski definition) is 5. The highest BCUT2D eigenvalue weighted by Gasteiger charge is 2.27. The first-order chi connectivity index (χ1) is 10.8. The molecule has 0 heterocycles. The van der Waals surface area contributed by atoms with E-state index < -0.39 is 28.3 Å². The molecule has 0 amide bonds. The summed E-state index contributed by atoms with van der Waals surface area (Å²) >= 11 is 0. The molecule has 5 nitrogen and oxygen atoms in total. The molecule has 0 radical (unpaired) electrons. The highest BCUT2D eigenvalue weighted by Crippen LogP contribution is 2.20. The summed E-state index contributed by atoms with van der Waals surface area (Å²) in [6.07, 6.45) is -2.67. The van der Waals surface area contributed by atoms with Crippen molar-refractivity contribution in [1.29, 1.82) is 0 Å². The van der Waals surface area contributed by atoms with Crippen molar-refractivity contribution in [3.05, 3.63) is 59.9 Å². The number of rotatable bonds is 6. The van der Waals surface area contributed by atoms with Crippen LogP contribution in [0.5, 0.6) is 5.75 Å². The van der Waals surface area contributed by atoms with Gasteiger partial charge in [0.1, 0.15) is 17.7 Å². The van der Waals surface area contributed by atoms with Gasteiger partial charge in [-0.05, 0) is 50.2 Å². The number of hydrogen-bond donors (Lipinski definition) is 1. The molecular weight excluding hydrogens is 323 g/mol. The Morgan fingerprint density at radius 1 is 1.04 bits per heavy atom. The Morgan fingerprint density at radius 3 is 2.13 bits per heavy atom. The van der Waals surface area contributed by atoms with E-state index in [2.05, 4.69) is 0 Å². The van der Waals surface area contributed by atoms with E-state index in [1.165, 1.54) is 31.2 Å². The largest absolute Gasteiger partial charge is 0.461 e. The van der Waals surface area contributed by atoms with Crippen molar-refractivity contribution in [1.82, 2.24) is 0 Å². The summed E-state index contributed by atoms with van der Waals surface area (Å²) in [5.41, 5.74) is 0.901. The monoisotopic (exact) mass is 340 g/mol. The second kappa shape index (κ2) is 7.08. The normalized spacial score (nSPS) is 14.3. The summed E-state index contributed by atoms with van der Waals surface area (Å²) in [6.45, 7) is 3.16. The molecule has 0 aliphatic rings. The van der Waals surface area contributed by atoms with Gasteiger partial charge in [0, 0.05) is 0 Å². The summed E-state index contributed by atoms with van der Waals surface area (Å²) < 4.78 is 47.6. The first kappa shape index (κ1) is 17.4. The average Bonchev–Trinajstić information content (AvgIpc) is 2.49. The first-order valence-corrected chi connectivity index (χ1v) is 8.29. The van der Waals surface area contributed by atoms with Crippen LogP contribution in [0, 0.1) is 12.7 Å².